The summed E-state index contributed by atoms with van der Waals surface area (Å²) in [6.07, 6.45) is 0.878. The molecule has 21 heavy (non-hydrogen) atoms. The van der Waals surface area contributed by atoms with E-state index in [-0.39, 0.29) is 11.3 Å². The number of methoxy groups -OCH3 is 1. The number of amides is 1. The second-order valence-electron chi connectivity index (χ2n) is 5.68. The summed E-state index contributed by atoms with van der Waals surface area (Å²) in [5.74, 6) is 0.456. The first kappa shape index (κ1) is 17.7. The molecule has 0 aliphatic rings. The van der Waals surface area contributed by atoms with Crippen LogP contribution in [0.2, 0.25) is 5.15 Å². The Morgan fingerprint density at radius 1 is 1.43 bits per heavy atom. The molecule has 5 nitrogen and oxygen atoms in total. The lowest BCUT2D eigenvalue weighted by Gasteiger charge is -2.24. The number of carbonyl (C=O) groups is 1. The minimum absolute atomic E-state index is 0.0208. The number of halogens is 1. The SMILES string of the molecule is CCNc1cc(C(=O)NCC(C)(C)CCOC)cc(Cl)n1. The third-order valence-electron chi connectivity index (χ3n) is 3.12. The molecular formula is C15H24ClN3O2. The summed E-state index contributed by atoms with van der Waals surface area (Å²) >= 11 is 5.94. The van der Waals surface area contributed by atoms with E-state index in [1.807, 2.05) is 6.92 Å². The Labute approximate surface area is 131 Å². The number of rotatable bonds is 8. The van der Waals surface area contributed by atoms with Crippen LogP contribution in [-0.4, -0.2) is 37.7 Å². The molecule has 0 bridgehead atoms. The van der Waals surface area contributed by atoms with Gasteiger partial charge in [-0.15, -0.1) is 0 Å². The fourth-order valence-corrected chi connectivity index (χ4v) is 2.00. The van der Waals surface area contributed by atoms with Gasteiger partial charge in [0.1, 0.15) is 11.0 Å². The zero-order chi connectivity index (χ0) is 15.9. The van der Waals surface area contributed by atoms with Crippen molar-refractivity contribution in [3.05, 3.63) is 22.8 Å². The molecule has 1 amide bonds. The predicted octanol–water partition coefficient (Wildman–Crippen LogP) is 2.96. The maximum Gasteiger partial charge on any atom is 0.251 e. The molecule has 0 aliphatic heterocycles. The summed E-state index contributed by atoms with van der Waals surface area (Å²) < 4.78 is 5.08. The van der Waals surface area contributed by atoms with Crippen molar-refractivity contribution >= 4 is 23.3 Å². The van der Waals surface area contributed by atoms with Gasteiger partial charge < -0.3 is 15.4 Å². The van der Waals surface area contributed by atoms with Gasteiger partial charge in [-0.2, -0.15) is 0 Å². The van der Waals surface area contributed by atoms with Crippen LogP contribution in [-0.2, 0) is 4.74 Å². The van der Waals surface area contributed by atoms with Gasteiger partial charge in [0.25, 0.3) is 5.91 Å². The molecule has 0 aliphatic carbocycles. The maximum atomic E-state index is 12.2. The molecule has 1 aromatic heterocycles. The third kappa shape index (κ3) is 6.31. The van der Waals surface area contributed by atoms with Gasteiger partial charge in [0, 0.05) is 32.4 Å². The van der Waals surface area contributed by atoms with E-state index in [1.165, 1.54) is 0 Å². The summed E-state index contributed by atoms with van der Waals surface area (Å²) in [5.41, 5.74) is 0.487. The molecule has 0 saturated carbocycles. The van der Waals surface area contributed by atoms with Crippen molar-refractivity contribution in [2.24, 2.45) is 5.41 Å². The fourth-order valence-electron chi connectivity index (χ4n) is 1.79. The summed E-state index contributed by atoms with van der Waals surface area (Å²) in [5, 5.41) is 6.29. The van der Waals surface area contributed by atoms with Crippen LogP contribution in [0.3, 0.4) is 0 Å². The molecule has 0 spiro atoms. The molecule has 0 atom stereocenters. The number of pyridine rings is 1. The molecule has 0 radical (unpaired) electrons. The molecule has 2 N–H and O–H groups in total. The van der Waals surface area contributed by atoms with Gasteiger partial charge in [0.2, 0.25) is 0 Å². The number of anilines is 1. The van der Waals surface area contributed by atoms with Crippen molar-refractivity contribution < 1.29 is 9.53 Å². The van der Waals surface area contributed by atoms with Gasteiger partial charge in [0.05, 0.1) is 0 Å². The lowest BCUT2D eigenvalue weighted by Crippen LogP contribution is -2.34. The average molecular weight is 314 g/mol. The first-order valence-corrected chi connectivity index (χ1v) is 7.44. The summed E-state index contributed by atoms with van der Waals surface area (Å²) in [4.78, 5) is 16.3. The van der Waals surface area contributed by atoms with Crippen molar-refractivity contribution in [1.29, 1.82) is 0 Å². The lowest BCUT2D eigenvalue weighted by atomic mass is 9.89. The Balaban J connectivity index is 2.67. The maximum absolute atomic E-state index is 12.2. The monoisotopic (exact) mass is 313 g/mol. The van der Waals surface area contributed by atoms with E-state index in [9.17, 15) is 4.79 Å². The second-order valence-corrected chi connectivity index (χ2v) is 6.07. The number of aromatic nitrogens is 1. The van der Waals surface area contributed by atoms with E-state index in [1.54, 1.807) is 19.2 Å². The van der Waals surface area contributed by atoms with E-state index >= 15 is 0 Å². The van der Waals surface area contributed by atoms with E-state index in [2.05, 4.69) is 29.5 Å². The second kappa shape index (κ2) is 8.20. The molecule has 6 heteroatoms. The van der Waals surface area contributed by atoms with Crippen molar-refractivity contribution in [3.8, 4) is 0 Å². The number of carbonyl (C=O) groups excluding carboxylic acids is 1. The Morgan fingerprint density at radius 2 is 2.14 bits per heavy atom. The number of hydrogen-bond acceptors (Lipinski definition) is 4. The van der Waals surface area contributed by atoms with E-state index in [0.717, 1.165) is 13.0 Å². The van der Waals surface area contributed by atoms with Crippen molar-refractivity contribution in [2.75, 3.05) is 32.1 Å². The van der Waals surface area contributed by atoms with Gasteiger partial charge in [-0.25, -0.2) is 4.98 Å². The highest BCUT2D eigenvalue weighted by atomic mass is 35.5. The number of nitrogens with zero attached hydrogens (tertiary/aromatic N) is 1. The first-order valence-electron chi connectivity index (χ1n) is 7.06. The van der Waals surface area contributed by atoms with Crippen LogP contribution in [0.25, 0.3) is 0 Å². The van der Waals surface area contributed by atoms with Crippen LogP contribution in [0.15, 0.2) is 12.1 Å². The molecule has 1 rings (SSSR count). The van der Waals surface area contributed by atoms with Crippen molar-refractivity contribution in [3.63, 3.8) is 0 Å². The lowest BCUT2D eigenvalue weighted by molar-refractivity contribution is 0.0921. The fraction of sp³-hybridized carbons (Fsp3) is 0.600. The standard InChI is InChI=1S/C15H24ClN3O2/c1-5-17-13-9-11(8-12(16)19-13)14(20)18-10-15(2,3)6-7-21-4/h8-9H,5-7,10H2,1-4H3,(H,17,19)(H,18,20). The van der Waals surface area contributed by atoms with Gasteiger partial charge in [-0.1, -0.05) is 25.4 Å². The predicted molar refractivity (Wildman–Crippen MR) is 86.0 cm³/mol. The van der Waals surface area contributed by atoms with E-state index < -0.39 is 0 Å². The zero-order valence-electron chi connectivity index (χ0n) is 13.1. The van der Waals surface area contributed by atoms with Gasteiger partial charge in [0.15, 0.2) is 0 Å². The summed E-state index contributed by atoms with van der Waals surface area (Å²) in [6.45, 7) is 8.12. The van der Waals surface area contributed by atoms with Crippen LogP contribution in [0.4, 0.5) is 5.82 Å². The molecule has 0 unspecified atom stereocenters. The van der Waals surface area contributed by atoms with Crippen LogP contribution in [0.5, 0.6) is 0 Å². The minimum Gasteiger partial charge on any atom is -0.385 e. The number of hydrogen-bond donors (Lipinski definition) is 2. The molecule has 1 heterocycles. The molecule has 0 fully saturated rings. The highest BCUT2D eigenvalue weighted by molar-refractivity contribution is 6.29. The van der Waals surface area contributed by atoms with E-state index in [4.69, 9.17) is 16.3 Å². The summed E-state index contributed by atoms with van der Waals surface area (Å²) in [6, 6.07) is 3.27. The first-order chi connectivity index (χ1) is 9.88. The third-order valence-corrected chi connectivity index (χ3v) is 3.32. The number of ether oxygens (including phenoxy) is 1. The summed E-state index contributed by atoms with van der Waals surface area (Å²) in [7, 11) is 1.68. The van der Waals surface area contributed by atoms with Crippen molar-refractivity contribution in [2.45, 2.75) is 27.2 Å². The zero-order valence-corrected chi connectivity index (χ0v) is 13.9. The molecule has 0 saturated heterocycles. The van der Waals surface area contributed by atoms with Gasteiger partial charge in [-0.3, -0.25) is 4.79 Å². The van der Waals surface area contributed by atoms with Crippen LogP contribution < -0.4 is 10.6 Å². The number of nitrogens with one attached hydrogen (secondary N) is 2. The Hall–Kier alpha value is -1.33. The van der Waals surface area contributed by atoms with Crippen LogP contribution in [0.1, 0.15) is 37.6 Å². The quantitative estimate of drug-likeness (QED) is 0.724. The van der Waals surface area contributed by atoms with E-state index in [0.29, 0.717) is 29.7 Å². The van der Waals surface area contributed by atoms with Crippen LogP contribution >= 0.6 is 11.6 Å². The van der Waals surface area contributed by atoms with Crippen molar-refractivity contribution in [1.82, 2.24) is 10.3 Å². The molecule has 1 aromatic rings. The Kier molecular flexibility index (Phi) is 6.92. The molecular weight excluding hydrogens is 290 g/mol. The van der Waals surface area contributed by atoms with Gasteiger partial charge >= 0.3 is 0 Å². The van der Waals surface area contributed by atoms with Crippen LogP contribution in [0, 0.1) is 5.41 Å². The largest absolute Gasteiger partial charge is 0.385 e. The van der Waals surface area contributed by atoms with Gasteiger partial charge in [-0.05, 0) is 30.9 Å². The molecule has 0 aromatic carbocycles. The Bertz CT molecular complexity index is 478. The average Bonchev–Trinajstić information content (AvgIpc) is 2.42. The molecule has 118 valence electrons. The highest BCUT2D eigenvalue weighted by Crippen LogP contribution is 2.19. The topological polar surface area (TPSA) is 63.2 Å². The normalized spacial score (nSPS) is 11.3. The smallest absolute Gasteiger partial charge is 0.251 e. The Morgan fingerprint density at radius 3 is 2.76 bits per heavy atom. The minimum atomic E-state index is -0.149. The highest BCUT2D eigenvalue weighted by Gasteiger charge is 2.19.